The van der Waals surface area contributed by atoms with Crippen LogP contribution < -0.4 is 0 Å². The van der Waals surface area contributed by atoms with Crippen molar-refractivity contribution in [1.82, 2.24) is 5.01 Å². The molecule has 0 bridgehead atoms. The average Bonchev–Trinajstić information content (AvgIpc) is 2.53. The Morgan fingerprint density at radius 3 is 3.27 bits per heavy atom. The van der Waals surface area contributed by atoms with Crippen molar-refractivity contribution in [2.75, 3.05) is 18.1 Å². The molecule has 1 atom stereocenters. The lowest BCUT2D eigenvalue weighted by Crippen LogP contribution is -2.27. The van der Waals surface area contributed by atoms with E-state index < -0.39 is 0 Å². The molecule has 1 amide bonds. The molecule has 2 aliphatic heterocycles. The minimum Gasteiger partial charge on any atom is -0.272 e. The SMILES string of the molecule is CCN1N=C2CSCC2C1=O. The summed E-state index contributed by atoms with van der Waals surface area (Å²) in [6.07, 6.45) is 0. The van der Waals surface area contributed by atoms with Gasteiger partial charge in [0, 0.05) is 18.1 Å². The summed E-state index contributed by atoms with van der Waals surface area (Å²) in [5.74, 6) is 2.22. The molecule has 0 aromatic heterocycles. The third-order valence-electron chi connectivity index (χ3n) is 2.04. The van der Waals surface area contributed by atoms with Gasteiger partial charge in [0.1, 0.15) is 0 Å². The first kappa shape index (κ1) is 7.16. The highest BCUT2D eigenvalue weighted by Gasteiger charge is 2.38. The third-order valence-corrected chi connectivity index (χ3v) is 3.11. The topological polar surface area (TPSA) is 32.7 Å². The van der Waals surface area contributed by atoms with Gasteiger partial charge in [-0.25, -0.2) is 5.01 Å². The zero-order valence-corrected chi connectivity index (χ0v) is 7.23. The molecule has 0 N–H and O–H groups in total. The maximum atomic E-state index is 11.4. The number of hydrogen-bond donors (Lipinski definition) is 0. The van der Waals surface area contributed by atoms with Crippen LogP contribution in [0.15, 0.2) is 5.10 Å². The van der Waals surface area contributed by atoms with Crippen LogP contribution in [0.25, 0.3) is 0 Å². The van der Waals surface area contributed by atoms with E-state index in [9.17, 15) is 4.79 Å². The van der Waals surface area contributed by atoms with E-state index in [0.717, 1.165) is 17.2 Å². The molecule has 0 aromatic rings. The molecule has 0 saturated carbocycles. The van der Waals surface area contributed by atoms with Gasteiger partial charge in [0.2, 0.25) is 0 Å². The fraction of sp³-hybridized carbons (Fsp3) is 0.714. The monoisotopic (exact) mass is 170 g/mol. The number of carbonyl (C=O) groups excluding carboxylic acids is 1. The predicted molar refractivity (Wildman–Crippen MR) is 45.6 cm³/mol. The molecular weight excluding hydrogens is 160 g/mol. The number of thioether (sulfide) groups is 1. The van der Waals surface area contributed by atoms with Crippen LogP contribution in [0.1, 0.15) is 6.92 Å². The maximum absolute atomic E-state index is 11.4. The summed E-state index contributed by atoms with van der Waals surface area (Å²) in [7, 11) is 0. The van der Waals surface area contributed by atoms with Gasteiger partial charge in [-0.3, -0.25) is 4.79 Å². The maximum Gasteiger partial charge on any atom is 0.252 e. The first-order valence-electron chi connectivity index (χ1n) is 3.79. The molecule has 4 heteroatoms. The summed E-state index contributed by atoms with van der Waals surface area (Å²) in [6.45, 7) is 2.67. The molecule has 1 unspecified atom stereocenters. The summed E-state index contributed by atoms with van der Waals surface area (Å²) in [4.78, 5) is 11.4. The molecule has 0 aliphatic carbocycles. The number of fused-ring (bicyclic) bond motifs is 1. The van der Waals surface area contributed by atoms with E-state index in [-0.39, 0.29) is 11.8 Å². The van der Waals surface area contributed by atoms with Gasteiger partial charge in [-0.2, -0.15) is 16.9 Å². The fourth-order valence-corrected chi connectivity index (χ4v) is 2.56. The molecule has 2 rings (SSSR count). The van der Waals surface area contributed by atoms with Crippen LogP contribution in [0.3, 0.4) is 0 Å². The van der Waals surface area contributed by atoms with Crippen LogP contribution in [-0.4, -0.2) is 34.7 Å². The Labute approximate surface area is 69.8 Å². The van der Waals surface area contributed by atoms with Crippen LogP contribution >= 0.6 is 11.8 Å². The van der Waals surface area contributed by atoms with E-state index in [4.69, 9.17) is 0 Å². The Kier molecular flexibility index (Phi) is 1.64. The van der Waals surface area contributed by atoms with E-state index in [1.165, 1.54) is 0 Å². The zero-order valence-electron chi connectivity index (χ0n) is 6.41. The van der Waals surface area contributed by atoms with Crippen molar-refractivity contribution < 1.29 is 4.79 Å². The quantitative estimate of drug-likeness (QED) is 0.576. The molecule has 0 spiro atoms. The normalized spacial score (nSPS) is 29.2. The number of amides is 1. The minimum absolute atomic E-state index is 0.125. The van der Waals surface area contributed by atoms with E-state index in [1.807, 2.05) is 6.92 Å². The highest BCUT2D eigenvalue weighted by Crippen LogP contribution is 2.28. The number of rotatable bonds is 1. The van der Waals surface area contributed by atoms with Crippen LogP contribution in [0, 0.1) is 5.92 Å². The lowest BCUT2D eigenvalue weighted by molar-refractivity contribution is -0.130. The molecule has 2 aliphatic rings. The standard InChI is InChI=1S/C7H10N2OS/c1-2-9-7(10)5-3-11-4-6(5)8-9/h5H,2-4H2,1H3. The van der Waals surface area contributed by atoms with Gasteiger partial charge in [0.05, 0.1) is 11.6 Å². The van der Waals surface area contributed by atoms with Crippen LogP contribution in [0.2, 0.25) is 0 Å². The Hall–Kier alpha value is -0.510. The van der Waals surface area contributed by atoms with Crippen molar-refractivity contribution in [3.63, 3.8) is 0 Å². The smallest absolute Gasteiger partial charge is 0.252 e. The zero-order chi connectivity index (χ0) is 7.84. The summed E-state index contributed by atoms with van der Waals surface area (Å²) < 4.78 is 0. The Morgan fingerprint density at radius 1 is 1.82 bits per heavy atom. The molecule has 1 fully saturated rings. The van der Waals surface area contributed by atoms with Crippen molar-refractivity contribution in [3.05, 3.63) is 0 Å². The predicted octanol–water partition coefficient (Wildman–Crippen LogP) is 0.567. The van der Waals surface area contributed by atoms with Crippen molar-refractivity contribution in [3.8, 4) is 0 Å². The summed E-state index contributed by atoms with van der Waals surface area (Å²) in [6, 6.07) is 0. The molecule has 0 radical (unpaired) electrons. The van der Waals surface area contributed by atoms with Gasteiger partial charge in [-0.05, 0) is 6.92 Å². The average molecular weight is 170 g/mol. The van der Waals surface area contributed by atoms with Crippen LogP contribution in [0.5, 0.6) is 0 Å². The minimum atomic E-state index is 0.125. The Bertz CT molecular complexity index is 226. The van der Waals surface area contributed by atoms with E-state index in [1.54, 1.807) is 16.8 Å². The summed E-state index contributed by atoms with van der Waals surface area (Å²) in [5.41, 5.74) is 1.09. The molecule has 11 heavy (non-hydrogen) atoms. The van der Waals surface area contributed by atoms with Crippen molar-refractivity contribution >= 4 is 23.4 Å². The van der Waals surface area contributed by atoms with Crippen molar-refractivity contribution in [2.45, 2.75) is 6.92 Å². The lowest BCUT2D eigenvalue weighted by Gasteiger charge is -2.09. The largest absolute Gasteiger partial charge is 0.272 e. The number of nitrogens with zero attached hydrogens (tertiary/aromatic N) is 2. The van der Waals surface area contributed by atoms with Gasteiger partial charge >= 0.3 is 0 Å². The van der Waals surface area contributed by atoms with Gasteiger partial charge < -0.3 is 0 Å². The van der Waals surface area contributed by atoms with Gasteiger partial charge in [0.15, 0.2) is 0 Å². The van der Waals surface area contributed by atoms with E-state index in [2.05, 4.69) is 5.10 Å². The second kappa shape index (κ2) is 2.52. The van der Waals surface area contributed by atoms with Gasteiger partial charge in [-0.1, -0.05) is 0 Å². The first-order chi connectivity index (χ1) is 5.33. The first-order valence-corrected chi connectivity index (χ1v) is 4.95. The highest BCUT2D eigenvalue weighted by molar-refractivity contribution is 8.00. The van der Waals surface area contributed by atoms with Gasteiger partial charge in [-0.15, -0.1) is 0 Å². The molecular formula is C7H10N2OS. The molecule has 3 nitrogen and oxygen atoms in total. The summed E-state index contributed by atoms with van der Waals surface area (Å²) >= 11 is 1.80. The van der Waals surface area contributed by atoms with Crippen molar-refractivity contribution in [2.24, 2.45) is 11.0 Å². The Balaban J connectivity index is 2.22. The number of hydrogen-bond acceptors (Lipinski definition) is 3. The Morgan fingerprint density at radius 2 is 2.64 bits per heavy atom. The third kappa shape index (κ3) is 0.965. The fourth-order valence-electron chi connectivity index (χ4n) is 1.40. The number of hydrazone groups is 1. The second-order valence-electron chi connectivity index (χ2n) is 2.71. The number of carbonyl (C=O) groups is 1. The second-order valence-corrected chi connectivity index (χ2v) is 3.74. The van der Waals surface area contributed by atoms with Crippen molar-refractivity contribution in [1.29, 1.82) is 0 Å². The summed E-state index contributed by atoms with van der Waals surface area (Å²) in [5, 5.41) is 5.81. The molecule has 1 saturated heterocycles. The molecule has 60 valence electrons. The highest BCUT2D eigenvalue weighted by atomic mass is 32.2. The van der Waals surface area contributed by atoms with E-state index in [0.29, 0.717) is 6.54 Å². The lowest BCUT2D eigenvalue weighted by atomic mass is 10.1. The molecule has 0 aromatic carbocycles. The van der Waals surface area contributed by atoms with Gasteiger partial charge in [0.25, 0.3) is 5.91 Å². The van der Waals surface area contributed by atoms with Crippen LogP contribution in [0.4, 0.5) is 0 Å². The van der Waals surface area contributed by atoms with Crippen LogP contribution in [-0.2, 0) is 4.79 Å². The molecule has 2 heterocycles. The van der Waals surface area contributed by atoms with E-state index >= 15 is 0 Å².